The number of ether oxygens (including phenoxy) is 1. The highest BCUT2D eigenvalue weighted by Crippen LogP contribution is 2.20. The van der Waals surface area contributed by atoms with Crippen molar-refractivity contribution in [1.29, 1.82) is 0 Å². The van der Waals surface area contributed by atoms with Gasteiger partial charge in [-0.1, -0.05) is 119 Å². The zero-order chi connectivity index (χ0) is 26.8. The summed E-state index contributed by atoms with van der Waals surface area (Å²) in [5.41, 5.74) is 2.97. The molecule has 0 radical (unpaired) electrons. The van der Waals surface area contributed by atoms with Gasteiger partial charge in [-0.05, 0) is 24.6 Å². The molecule has 3 aromatic rings. The highest BCUT2D eigenvalue weighted by molar-refractivity contribution is 7.09. The SMILES string of the molecule is CCCCCCCCCCCCCCOc1ccccc1CC(=O)Nc1ccc(C[n+]2ccsc2C)cc1.[Br-]. The molecule has 1 amide bonds. The normalized spacial score (nSPS) is 10.7. The molecule has 39 heavy (non-hydrogen) atoms. The second-order valence-corrected chi connectivity index (χ2v) is 11.4. The minimum Gasteiger partial charge on any atom is -1.00 e. The zero-order valence-electron chi connectivity index (χ0n) is 23.9. The first kappa shape index (κ1) is 33.0. The summed E-state index contributed by atoms with van der Waals surface area (Å²) in [5.74, 6) is 0.798. The van der Waals surface area contributed by atoms with E-state index in [9.17, 15) is 4.79 Å². The summed E-state index contributed by atoms with van der Waals surface area (Å²) in [6.45, 7) is 5.95. The third-order valence-electron chi connectivity index (χ3n) is 7.05. The number of carbonyl (C=O) groups excluding carboxylic acids is 1. The molecule has 0 saturated heterocycles. The first-order chi connectivity index (χ1) is 18.7. The maximum absolute atomic E-state index is 12.7. The molecule has 214 valence electrons. The fraction of sp³-hybridized carbons (Fsp3) is 0.515. The van der Waals surface area contributed by atoms with Crippen LogP contribution in [0, 0.1) is 6.92 Å². The molecule has 1 N–H and O–H groups in total. The van der Waals surface area contributed by atoms with Gasteiger partial charge in [-0.3, -0.25) is 4.79 Å². The lowest BCUT2D eigenvalue weighted by Crippen LogP contribution is -3.00. The van der Waals surface area contributed by atoms with E-state index in [0.29, 0.717) is 13.0 Å². The number of amides is 1. The number of para-hydroxylation sites is 1. The fourth-order valence-corrected chi connectivity index (χ4v) is 5.39. The van der Waals surface area contributed by atoms with Gasteiger partial charge in [0.2, 0.25) is 10.9 Å². The lowest BCUT2D eigenvalue weighted by molar-refractivity contribution is -0.689. The molecular weight excluding hydrogens is 568 g/mol. The first-order valence-electron chi connectivity index (χ1n) is 14.7. The Labute approximate surface area is 251 Å². The van der Waals surface area contributed by atoms with Gasteiger partial charge in [0.15, 0.2) is 12.7 Å². The number of halogens is 1. The molecule has 1 aromatic heterocycles. The van der Waals surface area contributed by atoms with Crippen LogP contribution in [0.1, 0.15) is 100 Å². The van der Waals surface area contributed by atoms with E-state index in [2.05, 4.69) is 47.4 Å². The summed E-state index contributed by atoms with van der Waals surface area (Å²) in [5, 5.41) is 6.41. The summed E-state index contributed by atoms with van der Waals surface area (Å²) in [6.07, 6.45) is 18.4. The lowest BCUT2D eigenvalue weighted by atomic mass is 10.1. The number of hydrogen-bond acceptors (Lipinski definition) is 3. The van der Waals surface area contributed by atoms with E-state index < -0.39 is 0 Å². The third-order valence-corrected chi connectivity index (χ3v) is 7.89. The van der Waals surface area contributed by atoms with Crippen LogP contribution in [0.3, 0.4) is 0 Å². The average molecular weight is 616 g/mol. The predicted octanol–water partition coefficient (Wildman–Crippen LogP) is 5.66. The average Bonchev–Trinajstić information content (AvgIpc) is 3.32. The molecule has 0 fully saturated rings. The van der Waals surface area contributed by atoms with Crippen molar-refractivity contribution in [1.82, 2.24) is 0 Å². The van der Waals surface area contributed by atoms with E-state index in [1.54, 1.807) is 11.3 Å². The molecule has 2 aromatic carbocycles. The second kappa shape index (κ2) is 19.8. The summed E-state index contributed by atoms with van der Waals surface area (Å²) in [4.78, 5) is 12.7. The highest BCUT2D eigenvalue weighted by atomic mass is 79.9. The van der Waals surface area contributed by atoms with Crippen molar-refractivity contribution < 1.29 is 31.1 Å². The Morgan fingerprint density at radius 1 is 0.846 bits per heavy atom. The maximum atomic E-state index is 12.7. The molecule has 0 aliphatic rings. The van der Waals surface area contributed by atoms with Gasteiger partial charge < -0.3 is 27.0 Å². The van der Waals surface area contributed by atoms with Gasteiger partial charge in [0.25, 0.3) is 0 Å². The van der Waals surface area contributed by atoms with E-state index in [-0.39, 0.29) is 22.9 Å². The lowest BCUT2D eigenvalue weighted by Gasteiger charge is -2.12. The van der Waals surface area contributed by atoms with Crippen LogP contribution in [0.2, 0.25) is 0 Å². The number of anilines is 1. The Morgan fingerprint density at radius 3 is 2.08 bits per heavy atom. The molecule has 0 aliphatic carbocycles. The highest BCUT2D eigenvalue weighted by Gasteiger charge is 2.11. The van der Waals surface area contributed by atoms with Crippen molar-refractivity contribution >= 4 is 22.9 Å². The van der Waals surface area contributed by atoms with Crippen LogP contribution in [-0.2, 0) is 17.8 Å². The number of aryl methyl sites for hydroxylation is 1. The van der Waals surface area contributed by atoms with Crippen LogP contribution in [-0.4, -0.2) is 12.5 Å². The number of nitrogens with one attached hydrogen (secondary N) is 1. The van der Waals surface area contributed by atoms with E-state index >= 15 is 0 Å². The largest absolute Gasteiger partial charge is 1.00 e. The summed E-state index contributed by atoms with van der Waals surface area (Å²) >= 11 is 1.75. The smallest absolute Gasteiger partial charge is 0.234 e. The Morgan fingerprint density at radius 2 is 1.46 bits per heavy atom. The maximum Gasteiger partial charge on any atom is 0.234 e. The van der Waals surface area contributed by atoms with E-state index in [1.165, 1.54) is 81.2 Å². The third kappa shape index (κ3) is 13.1. The molecule has 6 heteroatoms. The number of benzene rings is 2. The van der Waals surface area contributed by atoms with Gasteiger partial charge in [0, 0.05) is 23.7 Å². The first-order valence-corrected chi connectivity index (χ1v) is 15.6. The number of carbonyl (C=O) groups is 1. The van der Waals surface area contributed by atoms with Crippen LogP contribution < -0.4 is 31.6 Å². The standard InChI is InChI=1S/C33H46N2O2S.BrH/c1-3-4-5-6-7-8-9-10-11-12-13-16-24-37-32-18-15-14-17-30(32)26-33(36)34-31-21-19-29(20-22-31)27-35-23-25-38-28(35)2;/h14-15,17-23,25H,3-13,16,24,26-27H2,1-2H3;1H. The van der Waals surface area contributed by atoms with Gasteiger partial charge in [-0.25, -0.2) is 0 Å². The number of rotatable bonds is 19. The molecule has 0 atom stereocenters. The van der Waals surface area contributed by atoms with Gasteiger partial charge in [0.1, 0.15) is 5.75 Å². The molecular formula is C33H47BrN2O2S. The van der Waals surface area contributed by atoms with Crippen LogP contribution >= 0.6 is 11.3 Å². The molecule has 0 saturated carbocycles. The quantitative estimate of drug-likeness (QED) is 0.140. The van der Waals surface area contributed by atoms with Crippen molar-refractivity contribution in [3.05, 3.63) is 76.2 Å². The van der Waals surface area contributed by atoms with E-state index in [4.69, 9.17) is 4.74 Å². The van der Waals surface area contributed by atoms with Crippen LogP contribution in [0.15, 0.2) is 60.1 Å². The molecule has 0 spiro atoms. The topological polar surface area (TPSA) is 42.2 Å². The Hall–Kier alpha value is -2.18. The van der Waals surface area contributed by atoms with Crippen molar-refractivity contribution in [3.63, 3.8) is 0 Å². The minimum absolute atomic E-state index is 0. The monoisotopic (exact) mass is 614 g/mol. The van der Waals surface area contributed by atoms with E-state index in [0.717, 1.165) is 30.0 Å². The molecule has 4 nitrogen and oxygen atoms in total. The Kier molecular flexibility index (Phi) is 16.8. The summed E-state index contributed by atoms with van der Waals surface area (Å²) in [6, 6.07) is 16.0. The Balaban J connectivity index is 0.00000533. The second-order valence-electron chi connectivity index (χ2n) is 10.3. The van der Waals surface area contributed by atoms with Crippen molar-refractivity contribution in [2.45, 2.75) is 104 Å². The zero-order valence-corrected chi connectivity index (χ0v) is 26.3. The predicted molar refractivity (Wildman–Crippen MR) is 160 cm³/mol. The van der Waals surface area contributed by atoms with E-state index in [1.807, 2.05) is 36.4 Å². The summed E-state index contributed by atoms with van der Waals surface area (Å²) in [7, 11) is 0. The van der Waals surface area contributed by atoms with Gasteiger partial charge >= 0.3 is 0 Å². The van der Waals surface area contributed by atoms with Crippen molar-refractivity contribution in [2.24, 2.45) is 0 Å². The summed E-state index contributed by atoms with van der Waals surface area (Å²) < 4.78 is 8.30. The molecule has 1 heterocycles. The van der Waals surface area contributed by atoms with Crippen LogP contribution in [0.4, 0.5) is 5.69 Å². The molecule has 0 bridgehead atoms. The number of aromatic nitrogens is 1. The minimum atomic E-state index is -0.0257. The van der Waals surface area contributed by atoms with Crippen molar-refractivity contribution in [3.8, 4) is 5.75 Å². The molecule has 3 rings (SSSR count). The van der Waals surface area contributed by atoms with Crippen LogP contribution in [0.5, 0.6) is 5.75 Å². The molecule has 0 unspecified atom stereocenters. The number of unbranched alkanes of at least 4 members (excludes halogenated alkanes) is 11. The number of thiazole rings is 1. The van der Waals surface area contributed by atoms with Crippen molar-refractivity contribution in [2.75, 3.05) is 11.9 Å². The number of hydrogen-bond donors (Lipinski definition) is 1. The Bertz CT molecular complexity index is 1070. The van der Waals surface area contributed by atoms with Gasteiger partial charge in [-0.2, -0.15) is 4.57 Å². The molecule has 0 aliphatic heterocycles. The van der Waals surface area contributed by atoms with Gasteiger partial charge in [0.05, 0.1) is 18.4 Å². The fourth-order valence-electron chi connectivity index (χ4n) is 4.72. The van der Waals surface area contributed by atoms with Gasteiger partial charge in [-0.15, -0.1) is 0 Å². The van der Waals surface area contributed by atoms with Crippen LogP contribution in [0.25, 0.3) is 0 Å². The number of nitrogens with zero attached hydrogens (tertiary/aromatic N) is 1.